The second-order valence-corrected chi connectivity index (χ2v) is 6.79. The third kappa shape index (κ3) is 2.28. The van der Waals surface area contributed by atoms with E-state index in [0.29, 0.717) is 0 Å². The van der Waals surface area contributed by atoms with Gasteiger partial charge in [0.1, 0.15) is 5.01 Å². The Morgan fingerprint density at radius 2 is 1.75 bits per heavy atom. The van der Waals surface area contributed by atoms with Crippen molar-refractivity contribution in [3.05, 3.63) is 29.9 Å². The zero-order valence-corrected chi connectivity index (χ0v) is 12.9. The molecule has 3 rings (SSSR count). The third-order valence-corrected chi connectivity index (χ3v) is 4.78. The van der Waals surface area contributed by atoms with Gasteiger partial charge in [-0.2, -0.15) is 0 Å². The first-order valence-corrected chi connectivity index (χ1v) is 7.48. The van der Waals surface area contributed by atoms with Gasteiger partial charge in [-0.15, -0.1) is 11.3 Å². The van der Waals surface area contributed by atoms with Crippen LogP contribution in [0.25, 0.3) is 10.6 Å². The van der Waals surface area contributed by atoms with Crippen molar-refractivity contribution in [2.24, 2.45) is 0 Å². The fourth-order valence-electron chi connectivity index (χ4n) is 2.04. The average Bonchev–Trinajstić information content (AvgIpc) is 2.97. The zero-order valence-electron chi connectivity index (χ0n) is 12.1. The van der Waals surface area contributed by atoms with Crippen molar-refractivity contribution >= 4 is 24.0 Å². The van der Waals surface area contributed by atoms with Crippen LogP contribution in [0.1, 0.15) is 27.7 Å². The maximum atomic E-state index is 6.02. The number of aromatic nitrogens is 2. The molecule has 0 unspecified atom stereocenters. The van der Waals surface area contributed by atoms with Crippen LogP contribution in [0.2, 0.25) is 0 Å². The van der Waals surface area contributed by atoms with E-state index in [2.05, 4.69) is 9.97 Å². The van der Waals surface area contributed by atoms with Gasteiger partial charge >= 0.3 is 7.12 Å². The van der Waals surface area contributed by atoms with Crippen molar-refractivity contribution < 1.29 is 9.31 Å². The predicted molar refractivity (Wildman–Crippen MR) is 81.1 cm³/mol. The van der Waals surface area contributed by atoms with Crippen LogP contribution in [0.15, 0.2) is 29.9 Å². The smallest absolute Gasteiger partial charge is 0.398 e. The number of pyridine rings is 1. The van der Waals surface area contributed by atoms with Crippen LogP contribution in [0.5, 0.6) is 0 Å². The highest BCUT2D eigenvalue weighted by atomic mass is 32.1. The summed E-state index contributed by atoms with van der Waals surface area (Å²) in [6.45, 7) is 8.16. The summed E-state index contributed by atoms with van der Waals surface area (Å²) in [4.78, 5) is 8.71. The Morgan fingerprint density at radius 3 is 2.35 bits per heavy atom. The molecule has 0 bridgehead atoms. The topological polar surface area (TPSA) is 44.2 Å². The van der Waals surface area contributed by atoms with Crippen molar-refractivity contribution in [1.82, 2.24) is 9.97 Å². The summed E-state index contributed by atoms with van der Waals surface area (Å²) in [7, 11) is -0.431. The molecule has 2 aromatic rings. The number of hydrogen-bond donors (Lipinski definition) is 0. The molecule has 0 aliphatic carbocycles. The van der Waals surface area contributed by atoms with Crippen molar-refractivity contribution in [2.45, 2.75) is 38.9 Å². The Kier molecular flexibility index (Phi) is 3.19. The molecule has 0 amide bonds. The molecular formula is C14H17BN2O2S. The van der Waals surface area contributed by atoms with Gasteiger partial charge in [-0.1, -0.05) is 0 Å². The van der Waals surface area contributed by atoms with Crippen LogP contribution in [-0.2, 0) is 9.31 Å². The molecule has 0 N–H and O–H groups in total. The van der Waals surface area contributed by atoms with Crippen molar-refractivity contribution in [3.63, 3.8) is 0 Å². The van der Waals surface area contributed by atoms with E-state index in [-0.39, 0.29) is 11.2 Å². The first-order valence-electron chi connectivity index (χ1n) is 6.60. The van der Waals surface area contributed by atoms with Gasteiger partial charge in [0.2, 0.25) is 0 Å². The Bertz CT molecular complexity index is 597. The average molecular weight is 288 g/mol. The fourth-order valence-corrected chi connectivity index (χ4v) is 2.68. The molecule has 0 atom stereocenters. The largest absolute Gasteiger partial charge is 0.514 e. The van der Waals surface area contributed by atoms with Gasteiger partial charge in [0.25, 0.3) is 0 Å². The molecule has 2 aromatic heterocycles. The lowest BCUT2D eigenvalue weighted by atomic mass is 9.83. The summed E-state index contributed by atoms with van der Waals surface area (Å²) < 4.78 is 12.0. The molecule has 4 nitrogen and oxygen atoms in total. The molecule has 0 aromatic carbocycles. The Balaban J connectivity index is 1.91. The van der Waals surface area contributed by atoms with Crippen LogP contribution in [-0.4, -0.2) is 28.3 Å². The first kappa shape index (κ1) is 13.7. The maximum absolute atomic E-state index is 6.02. The van der Waals surface area contributed by atoms with Crippen molar-refractivity contribution in [1.29, 1.82) is 0 Å². The monoisotopic (exact) mass is 288 g/mol. The minimum absolute atomic E-state index is 0.351. The van der Waals surface area contributed by atoms with Crippen LogP contribution < -0.4 is 5.59 Å². The molecule has 20 heavy (non-hydrogen) atoms. The lowest BCUT2D eigenvalue weighted by Crippen LogP contribution is -2.41. The number of thiazole rings is 1. The van der Waals surface area contributed by atoms with Gasteiger partial charge in [0.05, 0.1) is 16.8 Å². The molecule has 0 spiro atoms. The normalized spacial score (nSPS) is 20.3. The van der Waals surface area contributed by atoms with Gasteiger partial charge < -0.3 is 9.31 Å². The van der Waals surface area contributed by atoms with E-state index in [1.54, 1.807) is 23.7 Å². The lowest BCUT2D eigenvalue weighted by Gasteiger charge is -2.32. The number of nitrogens with zero attached hydrogens (tertiary/aromatic N) is 2. The maximum Gasteiger partial charge on any atom is 0.514 e. The number of rotatable bonds is 2. The van der Waals surface area contributed by atoms with E-state index in [1.807, 2.05) is 45.2 Å². The van der Waals surface area contributed by atoms with Gasteiger partial charge in [-0.25, -0.2) is 4.98 Å². The molecule has 3 heterocycles. The first-order chi connectivity index (χ1) is 9.39. The van der Waals surface area contributed by atoms with Crippen molar-refractivity contribution in [2.75, 3.05) is 0 Å². The molecule has 1 aliphatic heterocycles. The van der Waals surface area contributed by atoms with E-state index in [4.69, 9.17) is 9.31 Å². The second-order valence-electron chi connectivity index (χ2n) is 5.89. The van der Waals surface area contributed by atoms with Gasteiger partial charge in [-0.05, 0) is 39.8 Å². The van der Waals surface area contributed by atoms with Gasteiger partial charge in [0.15, 0.2) is 0 Å². The van der Waals surface area contributed by atoms with Gasteiger partial charge in [-0.3, -0.25) is 4.98 Å². The fraction of sp³-hybridized carbons (Fsp3) is 0.429. The summed E-state index contributed by atoms with van der Waals surface area (Å²) >= 11 is 1.61. The van der Waals surface area contributed by atoms with Gasteiger partial charge in [0, 0.05) is 23.3 Å². The SMILES string of the molecule is CC1(C)OB(c2cc(-c3nccs3)ccn2)OC1(C)C. The third-order valence-electron chi connectivity index (χ3n) is 3.96. The molecule has 1 aliphatic rings. The molecule has 0 radical (unpaired) electrons. The highest BCUT2D eigenvalue weighted by Gasteiger charge is 2.52. The van der Waals surface area contributed by atoms with Crippen LogP contribution in [0, 0.1) is 0 Å². The molecule has 1 saturated heterocycles. The molecule has 6 heteroatoms. The van der Waals surface area contributed by atoms with E-state index < -0.39 is 7.12 Å². The van der Waals surface area contributed by atoms with Crippen LogP contribution in [0.3, 0.4) is 0 Å². The zero-order chi connectivity index (χ0) is 14.4. The van der Waals surface area contributed by atoms with E-state index in [0.717, 1.165) is 16.2 Å². The minimum Gasteiger partial charge on any atom is -0.398 e. The molecule has 1 fully saturated rings. The Hall–Kier alpha value is -1.24. The molecule has 0 saturated carbocycles. The summed E-state index contributed by atoms with van der Waals surface area (Å²) in [6, 6.07) is 3.94. The summed E-state index contributed by atoms with van der Waals surface area (Å²) in [5, 5.41) is 2.94. The highest BCUT2D eigenvalue weighted by molar-refractivity contribution is 7.13. The van der Waals surface area contributed by atoms with Crippen molar-refractivity contribution in [3.8, 4) is 10.6 Å². The van der Waals surface area contributed by atoms with E-state index in [9.17, 15) is 0 Å². The summed E-state index contributed by atoms with van der Waals surface area (Å²) in [5.41, 5.74) is 1.13. The Labute approximate surface area is 123 Å². The van der Waals surface area contributed by atoms with E-state index in [1.165, 1.54) is 0 Å². The van der Waals surface area contributed by atoms with Crippen LogP contribution in [0.4, 0.5) is 0 Å². The van der Waals surface area contributed by atoms with Crippen LogP contribution >= 0.6 is 11.3 Å². The quantitative estimate of drug-likeness (QED) is 0.796. The minimum atomic E-state index is -0.431. The second kappa shape index (κ2) is 4.65. The Morgan fingerprint density at radius 1 is 1.05 bits per heavy atom. The highest BCUT2D eigenvalue weighted by Crippen LogP contribution is 2.36. The predicted octanol–water partition coefficient (Wildman–Crippen LogP) is 2.50. The standard InChI is InChI=1S/C14H17BN2O2S/c1-13(2)14(3,4)19-15(18-13)11-9-10(5-6-16-11)12-17-7-8-20-12/h5-9H,1-4H3. The molecule has 104 valence electrons. The molecular weight excluding hydrogens is 271 g/mol. The summed E-state index contributed by atoms with van der Waals surface area (Å²) in [6.07, 6.45) is 3.58. The van der Waals surface area contributed by atoms with E-state index >= 15 is 0 Å². The summed E-state index contributed by atoms with van der Waals surface area (Å²) in [5.74, 6) is 0. The lowest BCUT2D eigenvalue weighted by molar-refractivity contribution is 0.00578. The number of hydrogen-bond acceptors (Lipinski definition) is 5.